The van der Waals surface area contributed by atoms with Gasteiger partial charge in [0.1, 0.15) is 0 Å². The van der Waals surface area contributed by atoms with Gasteiger partial charge in [-0.15, -0.1) is 0 Å². The number of halogens is 1. The van der Waals surface area contributed by atoms with Crippen molar-refractivity contribution in [1.29, 1.82) is 0 Å². The maximum atomic E-state index is 10.5. The first kappa shape index (κ1) is 12.8. The minimum atomic E-state index is -0.779. The lowest BCUT2D eigenvalue weighted by atomic mass is 10.1. The summed E-state index contributed by atoms with van der Waals surface area (Å²) in [4.78, 5) is 30.0. The van der Waals surface area contributed by atoms with Crippen LogP contribution in [0.4, 0.5) is 11.4 Å². The fraction of sp³-hybridized carbons (Fsp3) is 0. The molecular weight excluding hydrogens is 252 g/mol. The van der Waals surface area contributed by atoms with Gasteiger partial charge in [0.05, 0.1) is 15.9 Å². The van der Waals surface area contributed by atoms with Crippen molar-refractivity contribution in [1.82, 2.24) is 0 Å². The predicted molar refractivity (Wildman–Crippen MR) is 59.6 cm³/mol. The molecule has 7 nitrogen and oxygen atoms in total. The van der Waals surface area contributed by atoms with Crippen molar-refractivity contribution in [2.24, 2.45) is 0 Å². The highest BCUT2D eigenvalue weighted by atomic mass is 35.5. The third-order valence-electron chi connectivity index (χ3n) is 1.75. The van der Waals surface area contributed by atoms with Gasteiger partial charge in [0.25, 0.3) is 11.4 Å². The lowest BCUT2D eigenvalue weighted by Crippen LogP contribution is -1.93. The molecule has 0 heterocycles. The molecule has 0 spiro atoms. The Balaban J connectivity index is 3.26. The van der Waals surface area contributed by atoms with Crippen LogP contribution in [-0.4, -0.2) is 15.1 Å². The zero-order valence-electron chi connectivity index (χ0n) is 8.20. The fourth-order valence-corrected chi connectivity index (χ4v) is 1.15. The van der Waals surface area contributed by atoms with Crippen LogP contribution in [0, 0.1) is 20.2 Å². The first-order valence-corrected chi connectivity index (χ1v) is 4.59. The van der Waals surface area contributed by atoms with Crippen LogP contribution in [0.25, 0.3) is 6.08 Å². The van der Waals surface area contributed by atoms with Gasteiger partial charge in [-0.3, -0.25) is 25.0 Å². The molecule has 0 aliphatic rings. The molecule has 0 aliphatic carbocycles. The van der Waals surface area contributed by atoms with Crippen LogP contribution < -0.4 is 0 Å². The molecular formula is C9H5ClN2O5. The number of benzene rings is 1. The minimum absolute atomic E-state index is 0.153. The summed E-state index contributed by atoms with van der Waals surface area (Å²) in [6, 6.07) is 3.03. The number of carbonyl (C=O) groups is 1. The summed E-state index contributed by atoms with van der Waals surface area (Å²) in [5, 5.41) is 20.3. The smallest absolute Gasteiger partial charge is 0.276 e. The average molecular weight is 257 g/mol. The third-order valence-corrected chi connectivity index (χ3v) is 1.88. The lowest BCUT2D eigenvalue weighted by molar-refractivity contribution is -0.394. The Morgan fingerprint density at radius 1 is 1.12 bits per heavy atom. The molecule has 0 bridgehead atoms. The van der Waals surface area contributed by atoms with Crippen molar-refractivity contribution in [2.45, 2.75) is 0 Å². The van der Waals surface area contributed by atoms with E-state index in [0.717, 1.165) is 30.4 Å². The zero-order chi connectivity index (χ0) is 13.0. The van der Waals surface area contributed by atoms with Gasteiger partial charge < -0.3 is 0 Å². The van der Waals surface area contributed by atoms with Crippen molar-refractivity contribution < 1.29 is 14.6 Å². The summed E-state index contributed by atoms with van der Waals surface area (Å²) in [5.41, 5.74) is -0.707. The Kier molecular flexibility index (Phi) is 3.89. The second-order valence-corrected chi connectivity index (χ2v) is 3.31. The number of nitrogens with zero attached hydrogens (tertiary/aromatic N) is 2. The molecule has 1 aromatic rings. The highest BCUT2D eigenvalue weighted by molar-refractivity contribution is 6.66. The summed E-state index contributed by atoms with van der Waals surface area (Å²) in [6.07, 6.45) is 2.11. The largest absolute Gasteiger partial charge is 0.276 e. The van der Waals surface area contributed by atoms with Crippen LogP contribution in [0.2, 0.25) is 0 Å². The standard InChI is InChI=1S/C9H5ClN2O5/c10-9(13)2-1-6-3-7(11(14)15)5-8(4-6)12(16)17/h1-5H. The summed E-state index contributed by atoms with van der Waals surface area (Å²) >= 11 is 5.04. The molecule has 0 amide bonds. The van der Waals surface area contributed by atoms with Crippen molar-refractivity contribution in [3.8, 4) is 0 Å². The third kappa shape index (κ3) is 3.65. The lowest BCUT2D eigenvalue weighted by Gasteiger charge is -1.96. The van der Waals surface area contributed by atoms with Crippen LogP contribution in [0.1, 0.15) is 5.56 Å². The molecule has 0 unspecified atom stereocenters. The fourth-order valence-electron chi connectivity index (χ4n) is 1.09. The molecule has 88 valence electrons. The van der Waals surface area contributed by atoms with Crippen molar-refractivity contribution in [2.75, 3.05) is 0 Å². The van der Waals surface area contributed by atoms with Gasteiger partial charge in [-0.2, -0.15) is 0 Å². The quantitative estimate of drug-likeness (QED) is 0.356. The van der Waals surface area contributed by atoms with Gasteiger partial charge >= 0.3 is 0 Å². The predicted octanol–water partition coefficient (Wildman–Crippen LogP) is 2.28. The molecule has 0 aliphatic heterocycles. The van der Waals surface area contributed by atoms with E-state index in [4.69, 9.17) is 11.6 Å². The van der Waals surface area contributed by atoms with Gasteiger partial charge in [0.2, 0.25) is 5.24 Å². The Labute approximate surface area is 99.6 Å². The van der Waals surface area contributed by atoms with E-state index in [1.807, 2.05) is 0 Å². The molecule has 0 radical (unpaired) electrons. The van der Waals surface area contributed by atoms with Crippen molar-refractivity contribution in [3.63, 3.8) is 0 Å². The van der Waals surface area contributed by atoms with Gasteiger partial charge in [0, 0.05) is 12.1 Å². The summed E-state index contributed by atoms with van der Waals surface area (Å²) in [7, 11) is 0. The van der Waals surface area contributed by atoms with Crippen LogP contribution in [0.5, 0.6) is 0 Å². The molecule has 17 heavy (non-hydrogen) atoms. The number of hydrogen-bond donors (Lipinski definition) is 0. The summed E-state index contributed by atoms with van der Waals surface area (Å²) in [6.45, 7) is 0. The number of hydrogen-bond acceptors (Lipinski definition) is 5. The highest BCUT2D eigenvalue weighted by Crippen LogP contribution is 2.23. The van der Waals surface area contributed by atoms with E-state index in [-0.39, 0.29) is 5.56 Å². The number of allylic oxidation sites excluding steroid dienone is 1. The summed E-state index contributed by atoms with van der Waals surface area (Å²) in [5.74, 6) is 0. The molecule has 1 aromatic carbocycles. The molecule has 8 heteroatoms. The topological polar surface area (TPSA) is 103 Å². The maximum absolute atomic E-state index is 10.5. The Morgan fingerprint density at radius 2 is 1.59 bits per heavy atom. The Morgan fingerprint density at radius 3 is 1.94 bits per heavy atom. The molecule has 0 saturated carbocycles. The first-order chi connectivity index (χ1) is 7.90. The van der Waals surface area contributed by atoms with Gasteiger partial charge in [-0.25, -0.2) is 0 Å². The SMILES string of the molecule is O=C(Cl)C=Cc1cc([N+](=O)[O-])cc([N+](=O)[O-])c1. The van der Waals surface area contributed by atoms with Crippen LogP contribution >= 0.6 is 11.6 Å². The van der Waals surface area contributed by atoms with Gasteiger partial charge in [-0.1, -0.05) is 0 Å². The zero-order valence-corrected chi connectivity index (χ0v) is 8.96. The van der Waals surface area contributed by atoms with Gasteiger partial charge in [-0.05, 0) is 29.3 Å². The molecule has 0 fully saturated rings. The number of rotatable bonds is 4. The molecule has 0 saturated heterocycles. The normalized spacial score (nSPS) is 10.4. The number of non-ortho nitro benzene ring substituents is 2. The number of nitro benzene ring substituents is 2. The Bertz CT molecular complexity index is 494. The summed E-state index contributed by atoms with van der Waals surface area (Å²) < 4.78 is 0. The molecule has 0 N–H and O–H groups in total. The first-order valence-electron chi connectivity index (χ1n) is 4.21. The molecule has 0 atom stereocenters. The number of nitro groups is 2. The maximum Gasteiger partial charge on any atom is 0.276 e. The molecule has 0 aromatic heterocycles. The average Bonchev–Trinajstić information content (AvgIpc) is 2.25. The monoisotopic (exact) mass is 256 g/mol. The minimum Gasteiger partial charge on any atom is -0.276 e. The van der Waals surface area contributed by atoms with E-state index < -0.39 is 26.5 Å². The van der Waals surface area contributed by atoms with Crippen molar-refractivity contribution >= 4 is 34.3 Å². The van der Waals surface area contributed by atoms with Crippen LogP contribution in [0.3, 0.4) is 0 Å². The van der Waals surface area contributed by atoms with Crippen LogP contribution in [0.15, 0.2) is 24.3 Å². The van der Waals surface area contributed by atoms with E-state index >= 15 is 0 Å². The van der Waals surface area contributed by atoms with E-state index in [1.54, 1.807) is 0 Å². The van der Waals surface area contributed by atoms with E-state index in [9.17, 15) is 25.0 Å². The number of carbonyl (C=O) groups excluding carboxylic acids is 1. The van der Waals surface area contributed by atoms with E-state index in [0.29, 0.717) is 0 Å². The second-order valence-electron chi connectivity index (χ2n) is 2.93. The molecule has 1 rings (SSSR count). The van der Waals surface area contributed by atoms with E-state index in [2.05, 4.69) is 0 Å². The second kappa shape index (κ2) is 5.17. The van der Waals surface area contributed by atoms with Crippen LogP contribution in [-0.2, 0) is 4.79 Å². The van der Waals surface area contributed by atoms with E-state index in [1.165, 1.54) is 0 Å². The van der Waals surface area contributed by atoms with Crippen molar-refractivity contribution in [3.05, 3.63) is 50.1 Å². The Hall–Kier alpha value is -2.28. The van der Waals surface area contributed by atoms with Gasteiger partial charge in [0.15, 0.2) is 0 Å². The highest BCUT2D eigenvalue weighted by Gasteiger charge is 2.15.